The number of aldehydes is 1. The molecule has 1 aromatic heterocycles. The van der Waals surface area contributed by atoms with Crippen LogP contribution in [0, 0.1) is 5.92 Å². The Morgan fingerprint density at radius 2 is 2.33 bits per heavy atom. The summed E-state index contributed by atoms with van der Waals surface area (Å²) in [6.45, 7) is 4.27. The van der Waals surface area contributed by atoms with Crippen molar-refractivity contribution in [1.29, 1.82) is 0 Å². The van der Waals surface area contributed by atoms with Gasteiger partial charge in [0.05, 0.1) is 11.7 Å². The molecule has 4 nitrogen and oxygen atoms in total. The summed E-state index contributed by atoms with van der Waals surface area (Å²) in [5.74, 6) is 0.738. The van der Waals surface area contributed by atoms with Crippen molar-refractivity contribution in [2.75, 3.05) is 0 Å². The van der Waals surface area contributed by atoms with Crippen LogP contribution in [0.15, 0.2) is 0 Å². The average molecular weight is 207 g/mol. The van der Waals surface area contributed by atoms with E-state index in [9.17, 15) is 4.79 Å². The maximum absolute atomic E-state index is 10.8. The molecule has 0 aromatic carbocycles. The van der Waals surface area contributed by atoms with E-state index in [1.807, 2.05) is 4.68 Å². The second kappa shape index (κ2) is 4.13. The molecule has 2 rings (SSSR count). The number of hydrogen-bond donors (Lipinski definition) is 0. The molecular weight excluding hydrogens is 190 g/mol. The molecular formula is C11H17N3O. The SMILES string of the molecule is CCCc1c(C=O)nnn1C(C)C1CC1. The minimum atomic E-state index is 0.396. The number of carbonyl (C=O) groups excluding carboxylic acids is 1. The molecule has 0 N–H and O–H groups in total. The van der Waals surface area contributed by atoms with Gasteiger partial charge in [0.1, 0.15) is 5.69 Å². The van der Waals surface area contributed by atoms with E-state index < -0.39 is 0 Å². The molecule has 1 aliphatic rings. The topological polar surface area (TPSA) is 47.8 Å². The fourth-order valence-electron chi connectivity index (χ4n) is 2.00. The Balaban J connectivity index is 2.28. The summed E-state index contributed by atoms with van der Waals surface area (Å²) < 4.78 is 1.95. The lowest BCUT2D eigenvalue weighted by Crippen LogP contribution is -2.13. The molecule has 1 fully saturated rings. The second-order valence-corrected chi connectivity index (χ2v) is 4.31. The van der Waals surface area contributed by atoms with Crippen LogP contribution in [0.4, 0.5) is 0 Å². The van der Waals surface area contributed by atoms with Crippen LogP contribution in [-0.4, -0.2) is 21.3 Å². The summed E-state index contributed by atoms with van der Waals surface area (Å²) >= 11 is 0. The highest BCUT2D eigenvalue weighted by Gasteiger charge is 2.31. The van der Waals surface area contributed by atoms with Crippen LogP contribution in [0.3, 0.4) is 0 Å². The lowest BCUT2D eigenvalue weighted by atomic mass is 10.1. The fourth-order valence-corrected chi connectivity index (χ4v) is 2.00. The van der Waals surface area contributed by atoms with Crippen molar-refractivity contribution in [3.8, 4) is 0 Å². The molecule has 1 aromatic rings. The first-order valence-corrected chi connectivity index (χ1v) is 5.67. The molecule has 1 heterocycles. The molecule has 4 heteroatoms. The van der Waals surface area contributed by atoms with Crippen LogP contribution < -0.4 is 0 Å². The minimum Gasteiger partial charge on any atom is -0.296 e. The van der Waals surface area contributed by atoms with Crippen LogP contribution in [0.5, 0.6) is 0 Å². The summed E-state index contributed by atoms with van der Waals surface area (Å²) in [6.07, 6.45) is 5.28. The van der Waals surface area contributed by atoms with Crippen LogP contribution in [0.25, 0.3) is 0 Å². The largest absolute Gasteiger partial charge is 0.296 e. The molecule has 1 aliphatic carbocycles. The van der Waals surface area contributed by atoms with Gasteiger partial charge < -0.3 is 0 Å². The zero-order valence-corrected chi connectivity index (χ0v) is 9.31. The van der Waals surface area contributed by atoms with E-state index in [0.29, 0.717) is 11.7 Å². The highest BCUT2D eigenvalue weighted by molar-refractivity contribution is 5.73. The lowest BCUT2D eigenvalue weighted by molar-refractivity contribution is 0.111. The summed E-state index contributed by atoms with van der Waals surface area (Å²) in [5.41, 5.74) is 1.52. The first-order valence-electron chi connectivity index (χ1n) is 5.67. The van der Waals surface area contributed by atoms with Crippen molar-refractivity contribution in [2.24, 2.45) is 5.92 Å². The second-order valence-electron chi connectivity index (χ2n) is 4.31. The molecule has 1 atom stereocenters. The maximum atomic E-state index is 10.8. The Hall–Kier alpha value is -1.19. The Bertz CT molecular complexity index is 355. The lowest BCUT2D eigenvalue weighted by Gasteiger charge is -2.13. The number of carbonyl (C=O) groups is 1. The summed E-state index contributed by atoms with van der Waals surface area (Å²) in [6, 6.07) is 0.396. The summed E-state index contributed by atoms with van der Waals surface area (Å²) in [5, 5.41) is 8.03. The van der Waals surface area contributed by atoms with Gasteiger partial charge in [-0.25, -0.2) is 4.68 Å². The quantitative estimate of drug-likeness (QED) is 0.694. The Labute approximate surface area is 89.7 Å². The normalized spacial score (nSPS) is 17.7. The fraction of sp³-hybridized carbons (Fsp3) is 0.727. The minimum absolute atomic E-state index is 0.396. The molecule has 82 valence electrons. The third-order valence-corrected chi connectivity index (χ3v) is 3.11. The van der Waals surface area contributed by atoms with Gasteiger partial charge in [0.15, 0.2) is 6.29 Å². The molecule has 0 amide bonds. The van der Waals surface area contributed by atoms with Gasteiger partial charge in [-0.3, -0.25) is 4.79 Å². The number of aromatic nitrogens is 3. The molecule has 0 bridgehead atoms. The molecule has 0 aliphatic heterocycles. The van der Waals surface area contributed by atoms with Gasteiger partial charge in [0.25, 0.3) is 0 Å². The van der Waals surface area contributed by atoms with Crippen molar-refractivity contribution in [1.82, 2.24) is 15.0 Å². The van der Waals surface area contributed by atoms with E-state index in [1.54, 1.807) is 0 Å². The van der Waals surface area contributed by atoms with Gasteiger partial charge >= 0.3 is 0 Å². The van der Waals surface area contributed by atoms with Gasteiger partial charge in [-0.2, -0.15) is 0 Å². The summed E-state index contributed by atoms with van der Waals surface area (Å²) in [4.78, 5) is 10.8. The van der Waals surface area contributed by atoms with Gasteiger partial charge in [-0.05, 0) is 32.1 Å². The molecule has 1 unspecified atom stereocenters. The molecule has 0 radical (unpaired) electrons. The van der Waals surface area contributed by atoms with Crippen LogP contribution >= 0.6 is 0 Å². The highest BCUT2D eigenvalue weighted by atomic mass is 16.1. The number of rotatable bonds is 5. The smallest absolute Gasteiger partial charge is 0.172 e. The van der Waals surface area contributed by atoms with Crippen molar-refractivity contribution in [2.45, 2.75) is 45.6 Å². The van der Waals surface area contributed by atoms with Gasteiger partial charge in [0, 0.05) is 0 Å². The molecule has 0 spiro atoms. The zero-order valence-electron chi connectivity index (χ0n) is 9.31. The number of hydrogen-bond acceptors (Lipinski definition) is 3. The van der Waals surface area contributed by atoms with Crippen molar-refractivity contribution in [3.05, 3.63) is 11.4 Å². The Morgan fingerprint density at radius 1 is 1.60 bits per heavy atom. The third-order valence-electron chi connectivity index (χ3n) is 3.11. The van der Waals surface area contributed by atoms with Crippen LogP contribution in [0.2, 0.25) is 0 Å². The van der Waals surface area contributed by atoms with E-state index in [4.69, 9.17) is 0 Å². The van der Waals surface area contributed by atoms with E-state index in [1.165, 1.54) is 12.8 Å². The standard InChI is InChI=1S/C11H17N3O/c1-3-4-11-10(7-15)12-13-14(11)8(2)9-5-6-9/h7-9H,3-6H2,1-2H3. The zero-order chi connectivity index (χ0) is 10.8. The molecule has 15 heavy (non-hydrogen) atoms. The van der Waals surface area contributed by atoms with E-state index in [0.717, 1.165) is 30.7 Å². The van der Waals surface area contributed by atoms with Crippen molar-refractivity contribution in [3.63, 3.8) is 0 Å². The first kappa shape index (κ1) is 10.3. The Morgan fingerprint density at radius 3 is 2.87 bits per heavy atom. The average Bonchev–Trinajstić information content (AvgIpc) is 3.00. The monoisotopic (exact) mass is 207 g/mol. The molecule has 1 saturated carbocycles. The van der Waals surface area contributed by atoms with Gasteiger partial charge in [-0.1, -0.05) is 18.6 Å². The van der Waals surface area contributed by atoms with Crippen molar-refractivity contribution < 1.29 is 4.79 Å². The summed E-state index contributed by atoms with van der Waals surface area (Å²) in [7, 11) is 0. The van der Waals surface area contributed by atoms with Gasteiger partial charge in [0.2, 0.25) is 0 Å². The van der Waals surface area contributed by atoms with Crippen molar-refractivity contribution >= 4 is 6.29 Å². The molecule has 0 saturated heterocycles. The van der Waals surface area contributed by atoms with E-state index in [-0.39, 0.29) is 0 Å². The predicted molar refractivity (Wildman–Crippen MR) is 56.8 cm³/mol. The van der Waals surface area contributed by atoms with E-state index in [2.05, 4.69) is 24.2 Å². The van der Waals surface area contributed by atoms with Gasteiger partial charge in [-0.15, -0.1) is 5.10 Å². The first-order chi connectivity index (χ1) is 7.27. The maximum Gasteiger partial charge on any atom is 0.172 e. The van der Waals surface area contributed by atoms with Crippen LogP contribution in [0.1, 0.15) is 55.3 Å². The predicted octanol–water partition coefficient (Wildman–Crippen LogP) is 2.01. The third kappa shape index (κ3) is 1.94. The van der Waals surface area contributed by atoms with Crippen LogP contribution in [-0.2, 0) is 6.42 Å². The Kier molecular flexibility index (Phi) is 2.84. The number of nitrogens with zero attached hydrogens (tertiary/aromatic N) is 3. The highest BCUT2D eigenvalue weighted by Crippen LogP contribution is 2.39. The van der Waals surface area contributed by atoms with E-state index >= 15 is 0 Å².